The second kappa shape index (κ2) is 12.2. The van der Waals surface area contributed by atoms with E-state index in [2.05, 4.69) is 6.58 Å². The predicted octanol–water partition coefficient (Wildman–Crippen LogP) is 1.05. The van der Waals surface area contributed by atoms with E-state index in [1.165, 1.54) is 13.8 Å². The Morgan fingerprint density at radius 2 is 1.41 bits per heavy atom. The Balaban J connectivity index is 3.19. The first kappa shape index (κ1) is 24.6. The van der Waals surface area contributed by atoms with Crippen LogP contribution < -0.4 is 0 Å². The Kier molecular flexibility index (Phi) is 10.3. The van der Waals surface area contributed by atoms with Gasteiger partial charge in [-0.3, -0.25) is 19.2 Å². The Bertz CT molecular complexity index is 602. The molecule has 1 aliphatic heterocycles. The van der Waals surface area contributed by atoms with Gasteiger partial charge in [0.25, 0.3) is 0 Å². The maximum absolute atomic E-state index is 11.7. The van der Waals surface area contributed by atoms with E-state index in [4.69, 9.17) is 28.4 Å². The van der Waals surface area contributed by atoms with E-state index in [9.17, 15) is 19.2 Å². The van der Waals surface area contributed by atoms with Crippen molar-refractivity contribution in [3.63, 3.8) is 0 Å². The van der Waals surface area contributed by atoms with Gasteiger partial charge in [0.15, 0.2) is 24.6 Å². The third kappa shape index (κ3) is 8.61. The molecule has 1 saturated heterocycles. The second-order valence-corrected chi connectivity index (χ2v) is 6.37. The smallest absolute Gasteiger partial charge is 0.303 e. The molecular formula is C19H28O10. The van der Waals surface area contributed by atoms with Crippen molar-refractivity contribution in [2.24, 2.45) is 0 Å². The van der Waals surface area contributed by atoms with Gasteiger partial charge in [-0.25, -0.2) is 0 Å². The summed E-state index contributed by atoms with van der Waals surface area (Å²) in [7, 11) is 0. The minimum absolute atomic E-state index is 0.236. The van der Waals surface area contributed by atoms with E-state index in [1.54, 1.807) is 6.08 Å². The highest BCUT2D eigenvalue weighted by Gasteiger charge is 2.52. The molecule has 0 aliphatic carbocycles. The Hall–Kier alpha value is -2.46. The molecule has 0 saturated carbocycles. The Morgan fingerprint density at radius 3 is 1.93 bits per heavy atom. The van der Waals surface area contributed by atoms with Crippen LogP contribution in [0.15, 0.2) is 12.7 Å². The molecule has 1 rings (SSSR count). The van der Waals surface area contributed by atoms with Crippen molar-refractivity contribution in [3.05, 3.63) is 12.7 Å². The molecule has 1 heterocycles. The van der Waals surface area contributed by atoms with Crippen molar-refractivity contribution in [1.82, 2.24) is 0 Å². The summed E-state index contributed by atoms with van der Waals surface area (Å²) < 4.78 is 32.3. The number of hydrogen-bond donors (Lipinski definition) is 0. The second-order valence-electron chi connectivity index (χ2n) is 6.37. The van der Waals surface area contributed by atoms with E-state index in [1.807, 2.05) is 0 Å². The maximum atomic E-state index is 11.7. The summed E-state index contributed by atoms with van der Waals surface area (Å²) in [6.07, 6.45) is -2.73. The van der Waals surface area contributed by atoms with Gasteiger partial charge >= 0.3 is 23.9 Å². The first-order valence-electron chi connectivity index (χ1n) is 9.18. The largest absolute Gasteiger partial charge is 0.463 e. The van der Waals surface area contributed by atoms with Crippen LogP contribution in [0.3, 0.4) is 0 Å². The summed E-state index contributed by atoms with van der Waals surface area (Å²) in [5.41, 5.74) is 0. The van der Waals surface area contributed by atoms with Gasteiger partial charge in [-0.05, 0) is 12.8 Å². The number of esters is 4. The van der Waals surface area contributed by atoms with Crippen LogP contribution in [0, 0.1) is 0 Å². The molecule has 0 aromatic heterocycles. The molecule has 0 radical (unpaired) electrons. The van der Waals surface area contributed by atoms with Crippen molar-refractivity contribution in [3.8, 4) is 0 Å². The molecule has 0 N–H and O–H groups in total. The zero-order valence-corrected chi connectivity index (χ0v) is 17.1. The lowest BCUT2D eigenvalue weighted by Crippen LogP contribution is -2.63. The number of ether oxygens (including phenoxy) is 6. The third-order valence-corrected chi connectivity index (χ3v) is 3.78. The SMILES string of the molecule is C=CCCCO[C@@H]1O[C@H](COC(C)=O)[C@@H](OC(C)=O)[C@H](OC(C)=O)[C@H]1OC(C)=O. The average molecular weight is 416 g/mol. The van der Waals surface area contributed by atoms with Crippen molar-refractivity contribution in [1.29, 1.82) is 0 Å². The number of unbranched alkanes of at least 4 members (excludes halogenated alkanes) is 1. The third-order valence-electron chi connectivity index (χ3n) is 3.78. The topological polar surface area (TPSA) is 124 Å². The van der Waals surface area contributed by atoms with Crippen LogP contribution >= 0.6 is 0 Å². The molecule has 164 valence electrons. The van der Waals surface area contributed by atoms with Gasteiger partial charge in [-0.2, -0.15) is 0 Å². The first-order valence-corrected chi connectivity index (χ1v) is 9.18. The molecule has 10 heteroatoms. The van der Waals surface area contributed by atoms with E-state index in [-0.39, 0.29) is 13.2 Å². The minimum atomic E-state index is -1.22. The fourth-order valence-electron chi connectivity index (χ4n) is 2.75. The molecular weight excluding hydrogens is 388 g/mol. The molecule has 1 aliphatic rings. The van der Waals surface area contributed by atoms with Crippen LogP contribution in [-0.4, -0.2) is 67.8 Å². The Morgan fingerprint density at radius 1 is 0.862 bits per heavy atom. The first-order chi connectivity index (χ1) is 13.6. The molecule has 5 atom stereocenters. The van der Waals surface area contributed by atoms with Gasteiger partial charge < -0.3 is 28.4 Å². The Labute approximate surface area is 169 Å². The fraction of sp³-hybridized carbons (Fsp3) is 0.684. The van der Waals surface area contributed by atoms with Crippen LogP contribution in [0.5, 0.6) is 0 Å². The molecule has 0 aromatic carbocycles. The highest BCUT2D eigenvalue weighted by molar-refractivity contribution is 5.68. The highest BCUT2D eigenvalue weighted by atomic mass is 16.7. The summed E-state index contributed by atoms with van der Waals surface area (Å²) >= 11 is 0. The predicted molar refractivity (Wildman–Crippen MR) is 97.3 cm³/mol. The van der Waals surface area contributed by atoms with Gasteiger partial charge in [-0.1, -0.05) is 6.08 Å². The summed E-state index contributed by atoms with van der Waals surface area (Å²) in [6.45, 7) is 8.27. The summed E-state index contributed by atoms with van der Waals surface area (Å²) in [4.78, 5) is 46.1. The number of allylic oxidation sites excluding steroid dienone is 1. The molecule has 0 spiro atoms. The van der Waals surface area contributed by atoms with Gasteiger partial charge in [0.05, 0.1) is 6.61 Å². The fourth-order valence-corrected chi connectivity index (χ4v) is 2.75. The van der Waals surface area contributed by atoms with Crippen LogP contribution in [-0.2, 0) is 47.6 Å². The van der Waals surface area contributed by atoms with Crippen molar-refractivity contribution in [2.75, 3.05) is 13.2 Å². The zero-order valence-electron chi connectivity index (χ0n) is 17.1. The van der Waals surface area contributed by atoms with Gasteiger partial charge in [-0.15, -0.1) is 6.58 Å². The lowest BCUT2D eigenvalue weighted by Gasteiger charge is -2.44. The van der Waals surface area contributed by atoms with Crippen molar-refractivity contribution in [2.45, 2.75) is 71.2 Å². The average Bonchev–Trinajstić information content (AvgIpc) is 2.60. The lowest BCUT2D eigenvalue weighted by molar-refractivity contribution is -0.308. The number of hydrogen-bond acceptors (Lipinski definition) is 10. The number of carbonyl (C=O) groups excluding carboxylic acids is 4. The molecule has 29 heavy (non-hydrogen) atoms. The van der Waals surface area contributed by atoms with Crippen molar-refractivity contribution < 1.29 is 47.6 Å². The van der Waals surface area contributed by atoms with Crippen LogP contribution in [0.2, 0.25) is 0 Å². The minimum Gasteiger partial charge on any atom is -0.463 e. The van der Waals surface area contributed by atoms with Gasteiger partial charge in [0.1, 0.15) is 12.7 Å². The quantitative estimate of drug-likeness (QED) is 0.221. The maximum Gasteiger partial charge on any atom is 0.303 e. The van der Waals surface area contributed by atoms with E-state index >= 15 is 0 Å². The molecule has 10 nitrogen and oxygen atoms in total. The summed E-state index contributed by atoms with van der Waals surface area (Å²) in [5.74, 6) is -2.63. The highest BCUT2D eigenvalue weighted by Crippen LogP contribution is 2.30. The van der Waals surface area contributed by atoms with E-state index in [0.717, 1.165) is 13.8 Å². The number of carbonyl (C=O) groups is 4. The summed E-state index contributed by atoms with van der Waals surface area (Å²) in [5, 5.41) is 0. The normalized spacial score (nSPS) is 26.1. The van der Waals surface area contributed by atoms with Crippen LogP contribution in [0.25, 0.3) is 0 Å². The standard InChI is InChI=1S/C19H28O10/c1-6-7-8-9-24-19-18(28-14(5)23)17(27-13(4)22)16(26-12(3)21)15(29-19)10-25-11(2)20/h6,15-19H,1,7-10H2,2-5H3/t15-,16-,17+,18-,19-/m1/s1. The van der Waals surface area contributed by atoms with Crippen LogP contribution in [0.1, 0.15) is 40.5 Å². The summed E-state index contributed by atoms with van der Waals surface area (Å²) in [6, 6.07) is 0. The van der Waals surface area contributed by atoms with Gasteiger partial charge in [0, 0.05) is 27.7 Å². The van der Waals surface area contributed by atoms with Gasteiger partial charge in [0.2, 0.25) is 0 Å². The molecule has 1 fully saturated rings. The molecule has 0 bridgehead atoms. The molecule has 0 aromatic rings. The number of rotatable bonds is 10. The molecule has 0 unspecified atom stereocenters. The lowest BCUT2D eigenvalue weighted by atomic mass is 9.98. The zero-order chi connectivity index (χ0) is 22.0. The monoisotopic (exact) mass is 416 g/mol. The van der Waals surface area contributed by atoms with E-state index in [0.29, 0.717) is 12.8 Å². The van der Waals surface area contributed by atoms with Crippen molar-refractivity contribution >= 4 is 23.9 Å². The van der Waals surface area contributed by atoms with E-state index < -0.39 is 54.6 Å². The van der Waals surface area contributed by atoms with Crippen LogP contribution in [0.4, 0.5) is 0 Å². The molecule has 0 amide bonds.